The summed E-state index contributed by atoms with van der Waals surface area (Å²) in [6.45, 7) is 3.54. The number of carbonyl (C=O) groups is 3. The number of benzene rings is 4. The van der Waals surface area contributed by atoms with Gasteiger partial charge in [-0.1, -0.05) is 43.3 Å². The third kappa shape index (κ3) is 7.80. The summed E-state index contributed by atoms with van der Waals surface area (Å²) < 4.78 is 45.1. The number of halogens is 3. The van der Waals surface area contributed by atoms with Crippen LogP contribution in [0.4, 0.5) is 39.8 Å². The number of nitrogens with one attached hydrogen (secondary N) is 3. The van der Waals surface area contributed by atoms with E-state index in [0.717, 1.165) is 22.9 Å². The highest BCUT2D eigenvalue weighted by Crippen LogP contribution is 2.32. The van der Waals surface area contributed by atoms with Crippen LogP contribution in [0.15, 0.2) is 84.9 Å². The zero-order valence-electron chi connectivity index (χ0n) is 26.5. The van der Waals surface area contributed by atoms with Crippen LogP contribution in [0.5, 0.6) is 5.75 Å². The zero-order chi connectivity index (χ0) is 34.6. The summed E-state index contributed by atoms with van der Waals surface area (Å²) in [5.41, 5.74) is 0.465. The van der Waals surface area contributed by atoms with Crippen LogP contribution in [0.25, 0.3) is 10.8 Å². The van der Waals surface area contributed by atoms with E-state index < -0.39 is 41.9 Å². The number of anilines is 3. The Morgan fingerprint density at radius 2 is 1.67 bits per heavy atom. The molecule has 4 N–H and O–H groups in total. The largest absolute Gasteiger partial charge is 0.487 e. The third-order valence-corrected chi connectivity index (χ3v) is 8.22. The second kappa shape index (κ2) is 14.2. The van der Waals surface area contributed by atoms with Gasteiger partial charge in [0.05, 0.1) is 36.0 Å². The molecule has 10 nitrogen and oxygen atoms in total. The molecule has 0 unspecified atom stereocenters. The topological polar surface area (TPSA) is 123 Å². The van der Waals surface area contributed by atoms with Gasteiger partial charge in [-0.05, 0) is 60.8 Å². The van der Waals surface area contributed by atoms with Gasteiger partial charge in [-0.15, -0.1) is 0 Å². The van der Waals surface area contributed by atoms with E-state index in [-0.39, 0.29) is 42.6 Å². The minimum absolute atomic E-state index is 0.0655. The Labute approximate surface area is 275 Å². The summed E-state index contributed by atoms with van der Waals surface area (Å²) >= 11 is 0. The number of ether oxygens (including phenoxy) is 1. The SMILES string of the molecule is C[C@H]1CN([C@@H](C)CO)C(=O)c2cc(NC(=O)Nc3cccc4ccccc34)ccc2O[C@@H]1CN(C)C(=O)Nc1ccc(C(F)(F)F)cc1. The van der Waals surface area contributed by atoms with Gasteiger partial charge in [-0.3, -0.25) is 4.79 Å². The van der Waals surface area contributed by atoms with E-state index in [1.807, 2.05) is 43.3 Å². The first kappa shape index (κ1) is 34.0. The van der Waals surface area contributed by atoms with Gasteiger partial charge >= 0.3 is 18.2 Å². The molecule has 0 saturated heterocycles. The fraction of sp³-hybridized carbons (Fsp3) is 0.286. The van der Waals surface area contributed by atoms with Gasteiger partial charge in [0.1, 0.15) is 11.9 Å². The first-order valence-corrected chi connectivity index (χ1v) is 15.3. The molecule has 13 heteroatoms. The molecule has 0 spiro atoms. The van der Waals surface area contributed by atoms with Crippen molar-refractivity contribution in [2.75, 3.05) is 42.7 Å². The van der Waals surface area contributed by atoms with Crippen LogP contribution in [-0.4, -0.2) is 71.8 Å². The standard InChI is InChI=1S/C35H36F3N5O5/c1-21-18-43(22(2)20-44)32(45)28-17-26(39-33(46)41-29-10-6-8-23-7-4-5-9-27(23)29)15-16-30(28)48-31(21)19-42(3)34(47)40-25-13-11-24(12-14-25)35(36,37)38/h4-17,21-22,31,44H,18-20H2,1-3H3,(H,40,47)(H2,39,41,46)/t21-,22-,31+/m0/s1. The Balaban J connectivity index is 1.34. The van der Waals surface area contributed by atoms with Crippen LogP contribution < -0.4 is 20.7 Å². The van der Waals surface area contributed by atoms with Crippen LogP contribution in [0.2, 0.25) is 0 Å². The normalized spacial score (nSPS) is 17.0. The maximum atomic E-state index is 13.8. The maximum absolute atomic E-state index is 13.8. The highest BCUT2D eigenvalue weighted by Gasteiger charge is 2.34. The number of likely N-dealkylation sites (N-methyl/N-ethyl adjacent to an activating group) is 1. The highest BCUT2D eigenvalue weighted by molar-refractivity contribution is 6.07. The third-order valence-electron chi connectivity index (χ3n) is 8.22. The van der Waals surface area contributed by atoms with Crippen molar-refractivity contribution in [3.63, 3.8) is 0 Å². The lowest BCUT2D eigenvalue weighted by molar-refractivity contribution is -0.137. The van der Waals surface area contributed by atoms with Crippen LogP contribution >= 0.6 is 0 Å². The van der Waals surface area contributed by atoms with Gasteiger partial charge in [-0.2, -0.15) is 13.2 Å². The zero-order valence-corrected chi connectivity index (χ0v) is 26.5. The number of nitrogens with zero attached hydrogens (tertiary/aromatic N) is 2. The first-order valence-electron chi connectivity index (χ1n) is 15.3. The molecule has 0 fully saturated rings. The summed E-state index contributed by atoms with van der Waals surface area (Å²) in [4.78, 5) is 42.7. The van der Waals surface area contributed by atoms with Crippen LogP contribution in [0, 0.1) is 5.92 Å². The molecule has 3 atom stereocenters. The maximum Gasteiger partial charge on any atom is 0.416 e. The quantitative estimate of drug-likeness (QED) is 0.172. The van der Waals surface area contributed by atoms with Crippen molar-refractivity contribution >= 4 is 45.8 Å². The average Bonchev–Trinajstić information content (AvgIpc) is 3.06. The highest BCUT2D eigenvalue weighted by atomic mass is 19.4. The van der Waals surface area contributed by atoms with Crippen molar-refractivity contribution in [1.82, 2.24) is 9.80 Å². The molecular formula is C35H36F3N5O5. The van der Waals surface area contributed by atoms with Gasteiger partial charge in [0, 0.05) is 36.3 Å². The summed E-state index contributed by atoms with van der Waals surface area (Å²) in [6.07, 6.45) is -5.12. The van der Waals surface area contributed by atoms with Gasteiger partial charge < -0.3 is 35.6 Å². The van der Waals surface area contributed by atoms with Crippen molar-refractivity contribution in [3.8, 4) is 5.75 Å². The van der Waals surface area contributed by atoms with E-state index in [1.165, 1.54) is 35.0 Å². The minimum atomic E-state index is -4.50. The lowest BCUT2D eigenvalue weighted by atomic mass is 9.99. The number of aliphatic hydroxyl groups is 1. The number of hydrogen-bond donors (Lipinski definition) is 4. The molecule has 0 bridgehead atoms. The molecule has 0 saturated carbocycles. The monoisotopic (exact) mass is 663 g/mol. The van der Waals surface area contributed by atoms with Crippen LogP contribution in [0.1, 0.15) is 29.8 Å². The smallest absolute Gasteiger partial charge is 0.416 e. The number of alkyl halides is 3. The number of carbonyl (C=O) groups excluding carboxylic acids is 3. The molecule has 1 aliphatic rings. The lowest BCUT2D eigenvalue weighted by Gasteiger charge is -2.38. The number of amides is 5. The summed E-state index contributed by atoms with van der Waals surface area (Å²) in [6, 6.07) is 20.4. The van der Waals surface area contributed by atoms with E-state index >= 15 is 0 Å². The van der Waals surface area contributed by atoms with Crippen molar-refractivity contribution in [1.29, 1.82) is 0 Å². The molecule has 0 aliphatic carbocycles. The van der Waals surface area contributed by atoms with Crippen molar-refractivity contribution < 1.29 is 37.4 Å². The van der Waals surface area contributed by atoms with E-state index in [0.29, 0.717) is 11.4 Å². The van der Waals surface area contributed by atoms with E-state index in [2.05, 4.69) is 16.0 Å². The second-order valence-corrected chi connectivity index (χ2v) is 11.8. The van der Waals surface area contributed by atoms with Gasteiger partial charge in [0.15, 0.2) is 0 Å². The minimum Gasteiger partial charge on any atom is -0.487 e. The Bertz CT molecular complexity index is 1790. The Kier molecular flexibility index (Phi) is 10.1. The van der Waals surface area contributed by atoms with E-state index in [9.17, 15) is 32.7 Å². The average molecular weight is 664 g/mol. The molecule has 252 valence electrons. The van der Waals surface area contributed by atoms with Gasteiger partial charge in [0.2, 0.25) is 0 Å². The molecule has 1 aliphatic heterocycles. The second-order valence-electron chi connectivity index (χ2n) is 11.8. The molecule has 0 radical (unpaired) electrons. The number of fused-ring (bicyclic) bond motifs is 2. The van der Waals surface area contributed by atoms with Crippen molar-refractivity contribution in [2.24, 2.45) is 5.92 Å². The summed E-state index contributed by atoms with van der Waals surface area (Å²) in [5.74, 6) is -0.478. The molecule has 1 heterocycles. The molecule has 4 aromatic carbocycles. The van der Waals surface area contributed by atoms with Crippen LogP contribution in [0.3, 0.4) is 0 Å². The number of hydrogen-bond acceptors (Lipinski definition) is 5. The fourth-order valence-electron chi connectivity index (χ4n) is 5.45. The summed E-state index contributed by atoms with van der Waals surface area (Å²) in [7, 11) is 1.52. The number of rotatable bonds is 7. The molecule has 4 aromatic rings. The molecule has 48 heavy (non-hydrogen) atoms. The first-order chi connectivity index (χ1) is 22.8. The Morgan fingerprint density at radius 3 is 2.38 bits per heavy atom. The fourth-order valence-corrected chi connectivity index (χ4v) is 5.45. The predicted molar refractivity (Wildman–Crippen MR) is 177 cm³/mol. The molecular weight excluding hydrogens is 627 g/mol. The molecule has 0 aromatic heterocycles. The summed E-state index contributed by atoms with van der Waals surface area (Å²) in [5, 5.41) is 20.0. The van der Waals surface area contributed by atoms with Crippen molar-refractivity contribution in [3.05, 3.63) is 96.1 Å². The van der Waals surface area contributed by atoms with Gasteiger partial charge in [-0.25, -0.2) is 9.59 Å². The van der Waals surface area contributed by atoms with E-state index in [1.54, 1.807) is 25.1 Å². The van der Waals surface area contributed by atoms with E-state index in [4.69, 9.17) is 4.74 Å². The number of aliphatic hydroxyl groups excluding tert-OH is 1. The Hall–Kier alpha value is -5.30. The molecule has 5 rings (SSSR count). The predicted octanol–water partition coefficient (Wildman–Crippen LogP) is 6.89. The Morgan fingerprint density at radius 1 is 0.979 bits per heavy atom. The molecule has 5 amide bonds. The van der Waals surface area contributed by atoms with Crippen LogP contribution in [-0.2, 0) is 6.18 Å². The van der Waals surface area contributed by atoms with Gasteiger partial charge in [0.25, 0.3) is 5.91 Å². The lowest BCUT2D eigenvalue weighted by Crippen LogP contribution is -2.50. The van der Waals surface area contributed by atoms with Crippen molar-refractivity contribution in [2.45, 2.75) is 32.2 Å². The number of urea groups is 2.